The SMILES string of the molecule is COC(=O)c1ccc2cc(C)c(Cl)cc2n1. The normalized spacial score (nSPS) is 10.4. The second kappa shape index (κ2) is 4.10. The topological polar surface area (TPSA) is 39.2 Å². The van der Waals surface area contributed by atoms with Gasteiger partial charge < -0.3 is 4.74 Å². The molecule has 0 fully saturated rings. The largest absolute Gasteiger partial charge is 0.464 e. The van der Waals surface area contributed by atoms with Crippen molar-refractivity contribution in [2.45, 2.75) is 6.92 Å². The number of methoxy groups -OCH3 is 1. The van der Waals surface area contributed by atoms with Crippen LogP contribution in [0.4, 0.5) is 0 Å². The van der Waals surface area contributed by atoms with Crippen molar-refractivity contribution in [1.29, 1.82) is 0 Å². The number of hydrogen-bond acceptors (Lipinski definition) is 3. The molecule has 0 N–H and O–H groups in total. The summed E-state index contributed by atoms with van der Waals surface area (Å²) in [5.74, 6) is -0.446. The van der Waals surface area contributed by atoms with E-state index in [1.54, 1.807) is 12.1 Å². The Labute approximate surface area is 98.0 Å². The molecule has 1 aromatic carbocycles. The lowest BCUT2D eigenvalue weighted by Gasteiger charge is -2.03. The second-order valence-corrected chi connectivity index (χ2v) is 3.89. The number of aryl methyl sites for hydroxylation is 1. The van der Waals surface area contributed by atoms with Gasteiger partial charge in [0, 0.05) is 10.4 Å². The highest BCUT2D eigenvalue weighted by molar-refractivity contribution is 6.32. The van der Waals surface area contributed by atoms with E-state index in [1.165, 1.54) is 7.11 Å². The molecule has 1 heterocycles. The summed E-state index contributed by atoms with van der Waals surface area (Å²) < 4.78 is 4.60. The lowest BCUT2D eigenvalue weighted by Crippen LogP contribution is -2.03. The molecule has 0 unspecified atom stereocenters. The van der Waals surface area contributed by atoms with E-state index in [1.807, 2.05) is 19.1 Å². The molecule has 0 saturated carbocycles. The van der Waals surface area contributed by atoms with Gasteiger partial charge in [-0.25, -0.2) is 9.78 Å². The Kier molecular flexibility index (Phi) is 2.79. The van der Waals surface area contributed by atoms with Crippen LogP contribution < -0.4 is 0 Å². The maximum absolute atomic E-state index is 11.3. The molecule has 2 aromatic rings. The number of aromatic nitrogens is 1. The highest BCUT2D eigenvalue weighted by Gasteiger charge is 2.08. The molecule has 3 nitrogen and oxygen atoms in total. The predicted octanol–water partition coefficient (Wildman–Crippen LogP) is 2.98. The van der Waals surface area contributed by atoms with E-state index in [4.69, 9.17) is 11.6 Å². The van der Waals surface area contributed by atoms with Crippen molar-refractivity contribution in [1.82, 2.24) is 4.98 Å². The molecule has 2 rings (SSSR count). The van der Waals surface area contributed by atoms with Gasteiger partial charge in [0.2, 0.25) is 0 Å². The number of pyridine rings is 1. The summed E-state index contributed by atoms with van der Waals surface area (Å²) in [6, 6.07) is 7.16. The molecule has 0 aliphatic rings. The number of esters is 1. The Bertz CT molecular complexity index is 566. The van der Waals surface area contributed by atoms with Crippen molar-refractivity contribution in [2.24, 2.45) is 0 Å². The molecule has 0 atom stereocenters. The minimum atomic E-state index is -0.446. The Morgan fingerprint density at radius 1 is 1.38 bits per heavy atom. The van der Waals surface area contributed by atoms with Crippen molar-refractivity contribution in [3.8, 4) is 0 Å². The number of rotatable bonds is 1. The van der Waals surface area contributed by atoms with Crippen LogP contribution in [0.15, 0.2) is 24.3 Å². The van der Waals surface area contributed by atoms with Gasteiger partial charge in [0.25, 0.3) is 0 Å². The zero-order chi connectivity index (χ0) is 11.7. The first-order chi connectivity index (χ1) is 7.61. The van der Waals surface area contributed by atoms with Gasteiger partial charge in [-0.15, -0.1) is 0 Å². The maximum Gasteiger partial charge on any atom is 0.356 e. The van der Waals surface area contributed by atoms with Crippen LogP contribution in [0.5, 0.6) is 0 Å². The molecule has 0 aliphatic carbocycles. The zero-order valence-electron chi connectivity index (χ0n) is 8.95. The average Bonchev–Trinajstić information content (AvgIpc) is 2.29. The third kappa shape index (κ3) is 1.86. The number of nitrogens with zero attached hydrogens (tertiary/aromatic N) is 1. The van der Waals surface area contributed by atoms with Crippen molar-refractivity contribution in [3.63, 3.8) is 0 Å². The predicted molar refractivity (Wildman–Crippen MR) is 62.8 cm³/mol. The van der Waals surface area contributed by atoms with E-state index >= 15 is 0 Å². The quantitative estimate of drug-likeness (QED) is 0.714. The van der Waals surface area contributed by atoms with Crippen LogP contribution in [0.1, 0.15) is 16.1 Å². The molecular formula is C12H10ClNO2. The molecule has 0 radical (unpaired) electrons. The second-order valence-electron chi connectivity index (χ2n) is 3.48. The van der Waals surface area contributed by atoms with Gasteiger partial charge in [-0.3, -0.25) is 0 Å². The lowest BCUT2D eigenvalue weighted by atomic mass is 10.1. The minimum Gasteiger partial charge on any atom is -0.464 e. The Morgan fingerprint density at radius 3 is 2.81 bits per heavy atom. The third-order valence-corrected chi connectivity index (χ3v) is 2.77. The maximum atomic E-state index is 11.3. The summed E-state index contributed by atoms with van der Waals surface area (Å²) >= 11 is 6.00. The number of hydrogen-bond donors (Lipinski definition) is 0. The number of ether oxygens (including phenoxy) is 1. The van der Waals surface area contributed by atoms with Gasteiger partial charge in [0.05, 0.1) is 12.6 Å². The first kappa shape index (κ1) is 10.9. The van der Waals surface area contributed by atoms with E-state index in [0.29, 0.717) is 10.5 Å². The summed E-state index contributed by atoms with van der Waals surface area (Å²) in [6.07, 6.45) is 0. The van der Waals surface area contributed by atoms with Crippen LogP contribution in [0.25, 0.3) is 10.9 Å². The smallest absolute Gasteiger partial charge is 0.356 e. The molecule has 0 bridgehead atoms. The number of halogens is 1. The van der Waals surface area contributed by atoms with Crippen molar-refractivity contribution in [2.75, 3.05) is 7.11 Å². The fraction of sp³-hybridized carbons (Fsp3) is 0.167. The van der Waals surface area contributed by atoms with Crippen LogP contribution in [0.2, 0.25) is 5.02 Å². The molecule has 0 spiro atoms. The highest BCUT2D eigenvalue weighted by Crippen LogP contribution is 2.22. The molecular weight excluding hydrogens is 226 g/mol. The summed E-state index contributed by atoms with van der Waals surface area (Å²) in [6.45, 7) is 1.93. The summed E-state index contributed by atoms with van der Waals surface area (Å²) in [4.78, 5) is 15.5. The van der Waals surface area contributed by atoms with Crippen molar-refractivity contribution >= 4 is 28.5 Å². The fourth-order valence-corrected chi connectivity index (χ4v) is 1.64. The van der Waals surface area contributed by atoms with Gasteiger partial charge in [0.15, 0.2) is 0 Å². The molecule has 16 heavy (non-hydrogen) atoms. The molecule has 0 amide bonds. The molecule has 0 saturated heterocycles. The minimum absolute atomic E-state index is 0.287. The number of carbonyl (C=O) groups excluding carboxylic acids is 1. The van der Waals surface area contributed by atoms with E-state index in [-0.39, 0.29) is 5.69 Å². The summed E-state index contributed by atoms with van der Waals surface area (Å²) in [5, 5.41) is 1.59. The van der Waals surface area contributed by atoms with Crippen LogP contribution in [0.3, 0.4) is 0 Å². The standard InChI is InChI=1S/C12H10ClNO2/c1-7-5-8-3-4-10(12(15)16-2)14-11(8)6-9(7)13/h3-6H,1-2H3. The lowest BCUT2D eigenvalue weighted by molar-refractivity contribution is 0.0594. The number of fused-ring (bicyclic) bond motifs is 1. The van der Waals surface area contributed by atoms with Gasteiger partial charge in [0.1, 0.15) is 5.69 Å². The van der Waals surface area contributed by atoms with E-state index in [2.05, 4.69) is 9.72 Å². The third-order valence-electron chi connectivity index (χ3n) is 2.36. The van der Waals surface area contributed by atoms with Crippen LogP contribution in [0, 0.1) is 6.92 Å². The van der Waals surface area contributed by atoms with Crippen molar-refractivity contribution < 1.29 is 9.53 Å². The first-order valence-electron chi connectivity index (χ1n) is 4.77. The highest BCUT2D eigenvalue weighted by atomic mass is 35.5. The molecule has 4 heteroatoms. The van der Waals surface area contributed by atoms with Crippen molar-refractivity contribution in [3.05, 3.63) is 40.5 Å². The van der Waals surface area contributed by atoms with Gasteiger partial charge in [-0.2, -0.15) is 0 Å². The van der Waals surface area contributed by atoms with Gasteiger partial charge in [-0.1, -0.05) is 17.7 Å². The summed E-state index contributed by atoms with van der Waals surface area (Å²) in [7, 11) is 1.33. The summed E-state index contributed by atoms with van der Waals surface area (Å²) in [5.41, 5.74) is 1.97. The molecule has 82 valence electrons. The van der Waals surface area contributed by atoms with Crippen LogP contribution in [-0.4, -0.2) is 18.1 Å². The van der Waals surface area contributed by atoms with Crippen LogP contribution >= 0.6 is 11.6 Å². The zero-order valence-corrected chi connectivity index (χ0v) is 9.71. The van der Waals surface area contributed by atoms with Gasteiger partial charge in [-0.05, 0) is 30.7 Å². The Balaban J connectivity index is 2.62. The fourth-order valence-electron chi connectivity index (χ4n) is 1.48. The molecule has 0 aliphatic heterocycles. The number of carbonyl (C=O) groups is 1. The Morgan fingerprint density at radius 2 is 2.12 bits per heavy atom. The Hall–Kier alpha value is -1.61. The molecule has 1 aromatic heterocycles. The van der Waals surface area contributed by atoms with Crippen LogP contribution in [-0.2, 0) is 4.74 Å². The average molecular weight is 236 g/mol. The van der Waals surface area contributed by atoms with Gasteiger partial charge >= 0.3 is 5.97 Å². The monoisotopic (exact) mass is 235 g/mol. The number of benzene rings is 1. The van der Waals surface area contributed by atoms with E-state index in [0.717, 1.165) is 10.9 Å². The van der Waals surface area contributed by atoms with E-state index < -0.39 is 5.97 Å². The first-order valence-corrected chi connectivity index (χ1v) is 5.15. The van der Waals surface area contributed by atoms with E-state index in [9.17, 15) is 4.79 Å².